The smallest absolute Gasteiger partial charge is 0.0570 e. The lowest BCUT2D eigenvalue weighted by atomic mass is 10.1. The third-order valence-electron chi connectivity index (χ3n) is 1.67. The normalized spacial score (nSPS) is 11.8. The number of pyridine rings is 1. The maximum atomic E-state index is 5.84. The van der Waals surface area contributed by atoms with Crippen LogP contribution >= 0.6 is 12.4 Å². The van der Waals surface area contributed by atoms with Gasteiger partial charge in [0.25, 0.3) is 0 Å². The van der Waals surface area contributed by atoms with Crippen molar-refractivity contribution in [3.05, 3.63) is 30.1 Å². The first-order chi connectivity index (χ1) is 5.34. The van der Waals surface area contributed by atoms with Crippen LogP contribution in [-0.2, 0) is 0 Å². The van der Waals surface area contributed by atoms with Crippen LogP contribution in [0.3, 0.4) is 0 Å². The van der Waals surface area contributed by atoms with Gasteiger partial charge in [-0.05, 0) is 18.6 Å². The van der Waals surface area contributed by atoms with Gasteiger partial charge in [-0.2, -0.15) is 0 Å². The van der Waals surface area contributed by atoms with Crippen LogP contribution in [0, 0.1) is 0 Å². The number of nitrogens with two attached hydrogens (primary N) is 1. The van der Waals surface area contributed by atoms with E-state index >= 15 is 0 Å². The Morgan fingerprint density at radius 3 is 2.75 bits per heavy atom. The summed E-state index contributed by atoms with van der Waals surface area (Å²) < 4.78 is 0. The molecular weight excluding hydrogens is 172 g/mol. The second kappa shape index (κ2) is 5.98. The quantitative estimate of drug-likeness (QED) is 0.787. The van der Waals surface area contributed by atoms with E-state index in [1.165, 1.54) is 0 Å². The van der Waals surface area contributed by atoms with Crippen LogP contribution < -0.4 is 5.73 Å². The van der Waals surface area contributed by atoms with E-state index in [9.17, 15) is 0 Å². The molecule has 0 amide bonds. The fourth-order valence-corrected chi connectivity index (χ4v) is 1.05. The van der Waals surface area contributed by atoms with Crippen LogP contribution in [0.25, 0.3) is 0 Å². The average molecular weight is 187 g/mol. The van der Waals surface area contributed by atoms with Crippen molar-refractivity contribution in [2.75, 3.05) is 0 Å². The Hall–Kier alpha value is -0.600. The van der Waals surface area contributed by atoms with Gasteiger partial charge in [0.1, 0.15) is 0 Å². The second-order valence-corrected chi connectivity index (χ2v) is 2.65. The predicted octanol–water partition coefficient (Wildman–Crippen LogP) is 2.30. The summed E-state index contributed by atoms with van der Waals surface area (Å²) >= 11 is 0. The summed E-state index contributed by atoms with van der Waals surface area (Å²) in [6.45, 7) is 2.13. The van der Waals surface area contributed by atoms with E-state index in [1.54, 1.807) is 6.20 Å². The van der Waals surface area contributed by atoms with E-state index in [2.05, 4.69) is 11.9 Å². The highest BCUT2D eigenvalue weighted by atomic mass is 35.5. The maximum Gasteiger partial charge on any atom is 0.0570 e. The molecule has 0 unspecified atom stereocenters. The molecule has 0 spiro atoms. The van der Waals surface area contributed by atoms with Gasteiger partial charge in [-0.3, -0.25) is 4.98 Å². The zero-order chi connectivity index (χ0) is 8.10. The SMILES string of the molecule is CCC[C@H](N)c1ccccn1.Cl. The molecule has 0 aliphatic rings. The van der Waals surface area contributed by atoms with Crippen molar-refractivity contribution in [2.24, 2.45) is 5.73 Å². The molecule has 0 bridgehead atoms. The van der Waals surface area contributed by atoms with Crippen molar-refractivity contribution >= 4 is 12.4 Å². The van der Waals surface area contributed by atoms with Crippen molar-refractivity contribution < 1.29 is 0 Å². The number of hydrogen-bond donors (Lipinski definition) is 1. The topological polar surface area (TPSA) is 38.9 Å². The highest BCUT2D eigenvalue weighted by molar-refractivity contribution is 5.85. The molecule has 2 nitrogen and oxygen atoms in total. The Labute approximate surface area is 79.6 Å². The molecule has 1 rings (SSSR count). The highest BCUT2D eigenvalue weighted by Gasteiger charge is 2.03. The Bertz CT molecular complexity index is 201. The summed E-state index contributed by atoms with van der Waals surface area (Å²) in [4.78, 5) is 4.17. The minimum absolute atomic E-state index is 0. The molecule has 3 heteroatoms. The molecule has 2 N–H and O–H groups in total. The van der Waals surface area contributed by atoms with Crippen LogP contribution in [0.1, 0.15) is 31.5 Å². The van der Waals surface area contributed by atoms with E-state index < -0.39 is 0 Å². The highest BCUT2D eigenvalue weighted by Crippen LogP contribution is 2.11. The molecule has 0 radical (unpaired) electrons. The van der Waals surface area contributed by atoms with Crippen molar-refractivity contribution in [2.45, 2.75) is 25.8 Å². The van der Waals surface area contributed by atoms with Gasteiger partial charge >= 0.3 is 0 Å². The van der Waals surface area contributed by atoms with E-state index in [0.717, 1.165) is 18.5 Å². The second-order valence-electron chi connectivity index (χ2n) is 2.65. The molecule has 1 heterocycles. The zero-order valence-corrected chi connectivity index (χ0v) is 8.05. The van der Waals surface area contributed by atoms with Gasteiger partial charge in [-0.15, -0.1) is 12.4 Å². The van der Waals surface area contributed by atoms with E-state index in [4.69, 9.17) is 5.73 Å². The fourth-order valence-electron chi connectivity index (χ4n) is 1.05. The van der Waals surface area contributed by atoms with E-state index in [0.29, 0.717) is 0 Å². The number of hydrogen-bond acceptors (Lipinski definition) is 2. The first-order valence-electron chi connectivity index (χ1n) is 4.01. The minimum atomic E-state index is 0. The zero-order valence-electron chi connectivity index (χ0n) is 7.23. The van der Waals surface area contributed by atoms with E-state index in [1.807, 2.05) is 18.2 Å². The molecule has 0 aliphatic heterocycles. The molecule has 0 aliphatic carbocycles. The average Bonchev–Trinajstić information content (AvgIpc) is 2.07. The lowest BCUT2D eigenvalue weighted by Gasteiger charge is -2.07. The summed E-state index contributed by atoms with van der Waals surface area (Å²) in [5.41, 5.74) is 6.84. The van der Waals surface area contributed by atoms with Crippen LogP contribution in [0.4, 0.5) is 0 Å². The lowest BCUT2D eigenvalue weighted by Crippen LogP contribution is -2.10. The molecule has 1 aromatic heterocycles. The molecule has 68 valence electrons. The van der Waals surface area contributed by atoms with Gasteiger partial charge in [0.2, 0.25) is 0 Å². The van der Waals surface area contributed by atoms with Gasteiger partial charge in [0.15, 0.2) is 0 Å². The Morgan fingerprint density at radius 2 is 2.25 bits per heavy atom. The Kier molecular flexibility index (Phi) is 5.68. The number of aromatic nitrogens is 1. The largest absolute Gasteiger partial charge is 0.323 e. The summed E-state index contributed by atoms with van der Waals surface area (Å²) in [5, 5.41) is 0. The van der Waals surface area contributed by atoms with Gasteiger partial charge in [0.05, 0.1) is 5.69 Å². The van der Waals surface area contributed by atoms with Gasteiger partial charge in [-0.1, -0.05) is 19.4 Å². The Morgan fingerprint density at radius 1 is 1.50 bits per heavy atom. The number of halogens is 1. The van der Waals surface area contributed by atoms with Crippen LogP contribution in [-0.4, -0.2) is 4.98 Å². The molecule has 1 atom stereocenters. The summed E-state index contributed by atoms with van der Waals surface area (Å²) in [5.74, 6) is 0. The minimum Gasteiger partial charge on any atom is -0.323 e. The molecule has 1 aromatic rings. The summed E-state index contributed by atoms with van der Waals surface area (Å²) in [6, 6.07) is 5.96. The lowest BCUT2D eigenvalue weighted by molar-refractivity contribution is 0.622. The first kappa shape index (κ1) is 11.4. The third-order valence-corrected chi connectivity index (χ3v) is 1.67. The van der Waals surface area contributed by atoms with Crippen molar-refractivity contribution in [3.63, 3.8) is 0 Å². The molecule has 0 fully saturated rings. The fraction of sp³-hybridized carbons (Fsp3) is 0.444. The van der Waals surface area contributed by atoms with Gasteiger partial charge < -0.3 is 5.73 Å². The molecule has 0 aromatic carbocycles. The van der Waals surface area contributed by atoms with E-state index in [-0.39, 0.29) is 18.4 Å². The first-order valence-corrected chi connectivity index (χ1v) is 4.01. The molecule has 0 saturated carbocycles. The van der Waals surface area contributed by atoms with Gasteiger partial charge in [0, 0.05) is 12.2 Å². The summed E-state index contributed by atoms with van der Waals surface area (Å²) in [7, 11) is 0. The van der Waals surface area contributed by atoms with Crippen molar-refractivity contribution in [1.82, 2.24) is 4.98 Å². The monoisotopic (exact) mass is 186 g/mol. The number of rotatable bonds is 3. The molecule has 0 saturated heterocycles. The van der Waals surface area contributed by atoms with Crippen LogP contribution in [0.2, 0.25) is 0 Å². The van der Waals surface area contributed by atoms with Crippen LogP contribution in [0.15, 0.2) is 24.4 Å². The van der Waals surface area contributed by atoms with Gasteiger partial charge in [-0.25, -0.2) is 0 Å². The predicted molar refractivity (Wildman–Crippen MR) is 53.3 cm³/mol. The number of nitrogens with zero attached hydrogens (tertiary/aromatic N) is 1. The van der Waals surface area contributed by atoms with Crippen LogP contribution in [0.5, 0.6) is 0 Å². The third kappa shape index (κ3) is 3.20. The maximum absolute atomic E-state index is 5.84. The Balaban J connectivity index is 0.00000121. The standard InChI is InChI=1S/C9H14N2.ClH/c1-2-5-8(10)9-6-3-4-7-11-9;/h3-4,6-8H,2,5,10H2,1H3;1H/t8-;/m0./s1. The summed E-state index contributed by atoms with van der Waals surface area (Å²) in [6.07, 6.45) is 3.90. The van der Waals surface area contributed by atoms with Crippen molar-refractivity contribution in [1.29, 1.82) is 0 Å². The van der Waals surface area contributed by atoms with Crippen molar-refractivity contribution in [3.8, 4) is 0 Å². The molecule has 12 heavy (non-hydrogen) atoms. The molecular formula is C9H15ClN2.